The highest BCUT2D eigenvalue weighted by Crippen LogP contribution is 2.30. The number of hydrogen-bond acceptors (Lipinski definition) is 4. The number of hydrogen-bond donors (Lipinski definition) is 2. The Labute approximate surface area is 118 Å². The number of carbonyl (C=O) groups is 2. The average molecular weight is 303 g/mol. The Morgan fingerprint density at radius 1 is 1.05 bits per heavy atom. The van der Waals surface area contributed by atoms with Crippen molar-refractivity contribution in [3.05, 3.63) is 0 Å². The molecule has 2 aliphatic rings. The second kappa shape index (κ2) is 6.11. The summed E-state index contributed by atoms with van der Waals surface area (Å²) < 4.78 is 23.4. The van der Waals surface area contributed by atoms with Crippen LogP contribution in [0.3, 0.4) is 0 Å². The molecule has 114 valence electrons. The van der Waals surface area contributed by atoms with Crippen molar-refractivity contribution in [2.45, 2.75) is 43.8 Å². The SMILES string of the molecule is O=C(O)[C@H]1CCCC[C@H]1C(=O)NCC1CCCS1(=O)=O. The number of nitrogens with one attached hydrogen (secondary N) is 1. The Balaban J connectivity index is 1.92. The van der Waals surface area contributed by atoms with Gasteiger partial charge in [-0.15, -0.1) is 0 Å². The van der Waals surface area contributed by atoms with Crippen LogP contribution in [0.15, 0.2) is 0 Å². The Bertz CT molecular complexity index is 487. The largest absolute Gasteiger partial charge is 0.481 e. The van der Waals surface area contributed by atoms with Crippen molar-refractivity contribution in [3.8, 4) is 0 Å². The van der Waals surface area contributed by atoms with Crippen molar-refractivity contribution in [2.75, 3.05) is 12.3 Å². The number of rotatable bonds is 4. The normalized spacial score (nSPS) is 32.7. The van der Waals surface area contributed by atoms with Crippen molar-refractivity contribution >= 4 is 21.7 Å². The van der Waals surface area contributed by atoms with E-state index in [0.717, 1.165) is 12.8 Å². The summed E-state index contributed by atoms with van der Waals surface area (Å²) in [5.41, 5.74) is 0. The van der Waals surface area contributed by atoms with Crippen LogP contribution >= 0.6 is 0 Å². The molecule has 1 amide bonds. The summed E-state index contributed by atoms with van der Waals surface area (Å²) in [5.74, 6) is -2.21. The topological polar surface area (TPSA) is 101 Å². The average Bonchev–Trinajstić information content (AvgIpc) is 2.75. The number of sulfone groups is 1. The summed E-state index contributed by atoms with van der Waals surface area (Å²) in [6.07, 6.45) is 4.00. The fourth-order valence-corrected chi connectivity index (χ4v) is 4.94. The molecule has 1 saturated heterocycles. The molecule has 0 aromatic heterocycles. The van der Waals surface area contributed by atoms with Crippen LogP contribution in [0.5, 0.6) is 0 Å². The molecule has 1 saturated carbocycles. The molecule has 1 aliphatic carbocycles. The first-order valence-electron chi connectivity index (χ1n) is 7.14. The number of carbonyl (C=O) groups excluding carboxylic acids is 1. The van der Waals surface area contributed by atoms with Gasteiger partial charge in [-0.25, -0.2) is 8.42 Å². The van der Waals surface area contributed by atoms with Gasteiger partial charge < -0.3 is 10.4 Å². The van der Waals surface area contributed by atoms with Crippen LogP contribution in [0.25, 0.3) is 0 Å². The zero-order chi connectivity index (χ0) is 14.8. The zero-order valence-corrected chi connectivity index (χ0v) is 12.2. The van der Waals surface area contributed by atoms with Gasteiger partial charge in [-0.3, -0.25) is 9.59 Å². The van der Waals surface area contributed by atoms with Gasteiger partial charge in [-0.1, -0.05) is 12.8 Å². The van der Waals surface area contributed by atoms with Crippen molar-refractivity contribution in [3.63, 3.8) is 0 Å². The fraction of sp³-hybridized carbons (Fsp3) is 0.846. The summed E-state index contributed by atoms with van der Waals surface area (Å²) in [6, 6.07) is 0. The van der Waals surface area contributed by atoms with Crippen molar-refractivity contribution in [2.24, 2.45) is 11.8 Å². The molecular formula is C13H21NO5S. The summed E-state index contributed by atoms with van der Waals surface area (Å²) in [6.45, 7) is 0.115. The second-order valence-electron chi connectivity index (χ2n) is 5.71. The molecule has 3 atom stereocenters. The van der Waals surface area contributed by atoms with E-state index in [4.69, 9.17) is 5.11 Å². The van der Waals surface area contributed by atoms with Gasteiger partial charge in [-0.2, -0.15) is 0 Å². The predicted molar refractivity (Wildman–Crippen MR) is 72.9 cm³/mol. The first-order valence-corrected chi connectivity index (χ1v) is 8.85. The lowest BCUT2D eigenvalue weighted by Gasteiger charge is -2.27. The zero-order valence-electron chi connectivity index (χ0n) is 11.4. The molecule has 1 heterocycles. The Hall–Kier alpha value is -1.11. The molecule has 0 aromatic rings. The van der Waals surface area contributed by atoms with E-state index >= 15 is 0 Å². The van der Waals surface area contributed by atoms with E-state index in [1.165, 1.54) is 0 Å². The third-order valence-electron chi connectivity index (χ3n) is 4.39. The van der Waals surface area contributed by atoms with Gasteiger partial charge in [0.05, 0.1) is 22.8 Å². The van der Waals surface area contributed by atoms with Crippen LogP contribution in [-0.2, 0) is 19.4 Å². The third-order valence-corrected chi connectivity index (χ3v) is 6.66. The predicted octanol–water partition coefficient (Wildman–Crippen LogP) is 0.571. The smallest absolute Gasteiger partial charge is 0.307 e. The highest BCUT2D eigenvalue weighted by molar-refractivity contribution is 7.92. The summed E-state index contributed by atoms with van der Waals surface area (Å²) in [4.78, 5) is 23.3. The maximum Gasteiger partial charge on any atom is 0.307 e. The third kappa shape index (κ3) is 3.31. The van der Waals surface area contributed by atoms with Crippen LogP contribution in [0.2, 0.25) is 0 Å². The Kier molecular flexibility index (Phi) is 4.67. The maximum atomic E-state index is 12.1. The minimum absolute atomic E-state index is 0.115. The highest BCUT2D eigenvalue weighted by atomic mass is 32.2. The fourth-order valence-electron chi connectivity index (χ4n) is 3.17. The molecule has 0 spiro atoms. The lowest BCUT2D eigenvalue weighted by atomic mass is 9.78. The van der Waals surface area contributed by atoms with E-state index < -0.39 is 32.9 Å². The Morgan fingerprint density at radius 3 is 2.25 bits per heavy atom. The monoisotopic (exact) mass is 303 g/mol. The molecule has 0 radical (unpaired) electrons. The molecule has 7 heteroatoms. The molecule has 6 nitrogen and oxygen atoms in total. The van der Waals surface area contributed by atoms with Gasteiger partial charge in [0.15, 0.2) is 9.84 Å². The standard InChI is InChI=1S/C13H21NO5S/c15-12(10-5-1-2-6-11(10)13(16)17)14-8-9-4-3-7-20(9,18)19/h9-11H,1-8H2,(H,14,15)(H,16,17)/t9?,10-,11+/m1/s1. The molecule has 1 unspecified atom stereocenters. The summed E-state index contributed by atoms with van der Waals surface area (Å²) in [5, 5.41) is 11.3. The van der Waals surface area contributed by atoms with Gasteiger partial charge in [0, 0.05) is 6.54 Å². The van der Waals surface area contributed by atoms with E-state index in [1.54, 1.807) is 0 Å². The number of carboxylic acid groups (broad SMARTS) is 1. The molecule has 2 rings (SSSR count). The lowest BCUT2D eigenvalue weighted by molar-refractivity contribution is -0.148. The first-order chi connectivity index (χ1) is 9.42. The van der Waals surface area contributed by atoms with Crippen LogP contribution in [-0.4, -0.2) is 42.9 Å². The van der Waals surface area contributed by atoms with Crippen LogP contribution in [0, 0.1) is 11.8 Å². The van der Waals surface area contributed by atoms with Crippen LogP contribution in [0.1, 0.15) is 38.5 Å². The number of aliphatic carboxylic acids is 1. The summed E-state index contributed by atoms with van der Waals surface area (Å²) >= 11 is 0. The molecule has 1 aliphatic heterocycles. The minimum Gasteiger partial charge on any atom is -0.481 e. The molecule has 2 fully saturated rings. The van der Waals surface area contributed by atoms with Crippen molar-refractivity contribution in [1.29, 1.82) is 0 Å². The van der Waals surface area contributed by atoms with E-state index in [1.807, 2.05) is 0 Å². The maximum absolute atomic E-state index is 12.1. The minimum atomic E-state index is -3.07. The molecular weight excluding hydrogens is 282 g/mol. The summed E-state index contributed by atoms with van der Waals surface area (Å²) in [7, 11) is -3.07. The van der Waals surface area contributed by atoms with Crippen molar-refractivity contribution < 1.29 is 23.1 Å². The van der Waals surface area contributed by atoms with Gasteiger partial charge >= 0.3 is 5.97 Å². The second-order valence-corrected chi connectivity index (χ2v) is 8.11. The van der Waals surface area contributed by atoms with Gasteiger partial charge in [0.1, 0.15) is 0 Å². The first kappa shape index (κ1) is 15.3. The van der Waals surface area contributed by atoms with Crippen LogP contribution < -0.4 is 5.32 Å². The van der Waals surface area contributed by atoms with Gasteiger partial charge in [0.2, 0.25) is 5.91 Å². The molecule has 0 aromatic carbocycles. The van der Waals surface area contributed by atoms with E-state index in [-0.39, 0.29) is 18.2 Å². The molecule has 20 heavy (non-hydrogen) atoms. The van der Waals surface area contributed by atoms with Gasteiger partial charge in [-0.05, 0) is 25.7 Å². The van der Waals surface area contributed by atoms with Crippen molar-refractivity contribution in [1.82, 2.24) is 5.32 Å². The molecule has 0 bridgehead atoms. The van der Waals surface area contributed by atoms with Gasteiger partial charge in [0.25, 0.3) is 0 Å². The van der Waals surface area contributed by atoms with E-state index in [2.05, 4.69) is 5.32 Å². The number of amides is 1. The lowest BCUT2D eigenvalue weighted by Crippen LogP contribution is -2.43. The quantitative estimate of drug-likeness (QED) is 0.791. The van der Waals surface area contributed by atoms with Crippen LogP contribution in [0.4, 0.5) is 0 Å². The van der Waals surface area contributed by atoms with E-state index in [9.17, 15) is 18.0 Å². The molecule has 2 N–H and O–H groups in total. The highest BCUT2D eigenvalue weighted by Gasteiger charge is 2.37. The number of carboxylic acids is 1. The van der Waals surface area contributed by atoms with E-state index in [0.29, 0.717) is 25.7 Å². The Morgan fingerprint density at radius 2 is 1.70 bits per heavy atom.